The Balaban J connectivity index is 1.61. The van der Waals surface area contributed by atoms with Gasteiger partial charge in [-0.25, -0.2) is 0 Å². The third kappa shape index (κ3) is 6.08. The highest BCUT2D eigenvalue weighted by Crippen LogP contribution is 2.12. The zero-order chi connectivity index (χ0) is 15.6. The minimum atomic E-state index is 0.758. The van der Waals surface area contributed by atoms with E-state index in [0.29, 0.717) is 0 Å². The van der Waals surface area contributed by atoms with E-state index >= 15 is 0 Å². The van der Waals surface area contributed by atoms with E-state index in [0.717, 1.165) is 35.2 Å². The Bertz CT molecular complexity index is 569. The number of thiocarbonyl (C=S) groups is 1. The van der Waals surface area contributed by atoms with Gasteiger partial charge in [-0.3, -0.25) is 0 Å². The number of hydrogen-bond acceptors (Lipinski definition) is 3. The van der Waals surface area contributed by atoms with Gasteiger partial charge in [0.15, 0.2) is 0 Å². The molecule has 0 unspecified atom stereocenters. The summed E-state index contributed by atoms with van der Waals surface area (Å²) in [4.78, 5) is 0. The molecule has 0 saturated carbocycles. The number of ether oxygens (including phenoxy) is 1. The number of thioether (sulfide) groups is 1. The topological polar surface area (TPSA) is 21.3 Å². The molecule has 2 aromatic carbocycles. The minimum absolute atomic E-state index is 0.758. The highest BCUT2D eigenvalue weighted by Gasteiger charge is 1.99. The van der Waals surface area contributed by atoms with Crippen LogP contribution in [0.3, 0.4) is 0 Å². The van der Waals surface area contributed by atoms with E-state index in [-0.39, 0.29) is 0 Å². The predicted octanol–water partition coefficient (Wildman–Crippen LogP) is 4.44. The highest BCUT2D eigenvalue weighted by atomic mass is 32.2. The van der Waals surface area contributed by atoms with Crippen LogP contribution in [0.4, 0.5) is 0 Å². The fraction of sp³-hybridized carbons (Fsp3) is 0.278. The summed E-state index contributed by atoms with van der Waals surface area (Å²) in [5, 5.41) is 3.29. The third-order valence-electron chi connectivity index (χ3n) is 3.28. The summed E-state index contributed by atoms with van der Waals surface area (Å²) in [6, 6.07) is 18.6. The molecule has 0 heterocycles. The summed E-state index contributed by atoms with van der Waals surface area (Å²) >= 11 is 7.08. The maximum Gasteiger partial charge on any atom is 0.134 e. The van der Waals surface area contributed by atoms with E-state index in [9.17, 15) is 0 Å². The van der Waals surface area contributed by atoms with Crippen molar-refractivity contribution < 1.29 is 4.74 Å². The Morgan fingerprint density at radius 1 is 1.05 bits per heavy atom. The van der Waals surface area contributed by atoms with Gasteiger partial charge in [-0.1, -0.05) is 66.4 Å². The number of hydrogen-bond donors (Lipinski definition) is 1. The first-order chi connectivity index (χ1) is 10.8. The Kier molecular flexibility index (Phi) is 7.26. The van der Waals surface area contributed by atoms with Gasteiger partial charge in [0.05, 0.1) is 7.11 Å². The zero-order valence-electron chi connectivity index (χ0n) is 12.7. The molecular weight excluding hydrogens is 310 g/mol. The molecule has 0 aliphatic rings. The van der Waals surface area contributed by atoms with Crippen molar-refractivity contribution in [2.45, 2.75) is 19.4 Å². The van der Waals surface area contributed by atoms with Crippen molar-refractivity contribution in [1.82, 2.24) is 5.32 Å². The Morgan fingerprint density at radius 2 is 1.77 bits per heavy atom. The van der Waals surface area contributed by atoms with Gasteiger partial charge in [-0.15, -0.1) is 0 Å². The van der Waals surface area contributed by atoms with Crippen LogP contribution >= 0.6 is 24.0 Å². The summed E-state index contributed by atoms with van der Waals surface area (Å²) in [5.74, 6) is 1.92. The summed E-state index contributed by atoms with van der Waals surface area (Å²) in [7, 11) is 1.68. The standard InChI is InChI=1S/C18H21NOS2/c1-20-17-11-9-16(10-12-17)14-19-18(21)22-13-5-8-15-6-3-2-4-7-15/h2-4,6-7,9-12H,5,8,13-14H2,1H3,(H,19,21). The molecule has 0 saturated heterocycles. The van der Waals surface area contributed by atoms with Crippen molar-refractivity contribution in [2.24, 2.45) is 0 Å². The Labute approximate surface area is 142 Å². The molecule has 116 valence electrons. The molecule has 0 aromatic heterocycles. The quantitative estimate of drug-likeness (QED) is 0.598. The molecule has 0 spiro atoms. The first kappa shape index (κ1) is 16.8. The molecule has 2 rings (SSSR count). The lowest BCUT2D eigenvalue weighted by Gasteiger charge is -2.08. The van der Waals surface area contributed by atoms with E-state index < -0.39 is 0 Å². The molecule has 4 heteroatoms. The average Bonchev–Trinajstić information content (AvgIpc) is 2.58. The third-order valence-corrected chi connectivity index (χ3v) is 4.68. The van der Waals surface area contributed by atoms with Gasteiger partial charge >= 0.3 is 0 Å². The monoisotopic (exact) mass is 331 g/mol. The van der Waals surface area contributed by atoms with Gasteiger partial charge in [-0.05, 0) is 36.1 Å². The summed E-state index contributed by atoms with van der Waals surface area (Å²) in [5.41, 5.74) is 2.59. The molecule has 0 fully saturated rings. The van der Waals surface area contributed by atoms with Gasteiger partial charge in [0.1, 0.15) is 10.1 Å². The van der Waals surface area contributed by atoms with Crippen LogP contribution in [0.15, 0.2) is 54.6 Å². The number of rotatable bonds is 7. The molecule has 1 N–H and O–H groups in total. The maximum atomic E-state index is 5.36. The molecule has 0 aliphatic carbocycles. The van der Waals surface area contributed by atoms with Crippen LogP contribution in [-0.2, 0) is 13.0 Å². The lowest BCUT2D eigenvalue weighted by atomic mass is 10.1. The lowest BCUT2D eigenvalue weighted by Crippen LogP contribution is -2.18. The van der Waals surface area contributed by atoms with Gasteiger partial charge in [0.2, 0.25) is 0 Å². The van der Waals surface area contributed by atoms with E-state index in [1.807, 2.05) is 12.1 Å². The van der Waals surface area contributed by atoms with Crippen molar-refractivity contribution in [3.05, 3.63) is 65.7 Å². The number of benzene rings is 2. The molecule has 2 nitrogen and oxygen atoms in total. The van der Waals surface area contributed by atoms with E-state index in [4.69, 9.17) is 17.0 Å². The Hall–Kier alpha value is -1.52. The first-order valence-electron chi connectivity index (χ1n) is 7.35. The summed E-state index contributed by atoms with van der Waals surface area (Å²) in [6.07, 6.45) is 2.24. The van der Waals surface area contributed by atoms with Crippen molar-refractivity contribution in [3.63, 3.8) is 0 Å². The van der Waals surface area contributed by atoms with Gasteiger partial charge in [0.25, 0.3) is 0 Å². The molecule has 0 atom stereocenters. The fourth-order valence-corrected chi connectivity index (χ4v) is 3.02. The molecule has 0 bridgehead atoms. The van der Waals surface area contributed by atoms with Crippen LogP contribution in [0.1, 0.15) is 17.5 Å². The SMILES string of the molecule is COc1ccc(CNC(=S)SCCCc2ccccc2)cc1. The van der Waals surface area contributed by atoms with Crippen molar-refractivity contribution >= 4 is 28.3 Å². The number of nitrogens with one attached hydrogen (secondary N) is 1. The second-order valence-electron chi connectivity index (χ2n) is 4.93. The van der Waals surface area contributed by atoms with Crippen LogP contribution < -0.4 is 10.1 Å². The lowest BCUT2D eigenvalue weighted by molar-refractivity contribution is 0.414. The average molecular weight is 332 g/mol. The van der Waals surface area contributed by atoms with Crippen molar-refractivity contribution in [2.75, 3.05) is 12.9 Å². The smallest absolute Gasteiger partial charge is 0.134 e. The van der Waals surface area contributed by atoms with Crippen LogP contribution in [0.2, 0.25) is 0 Å². The molecule has 0 amide bonds. The van der Waals surface area contributed by atoms with Crippen molar-refractivity contribution in [1.29, 1.82) is 0 Å². The molecule has 22 heavy (non-hydrogen) atoms. The molecular formula is C18H21NOS2. The van der Waals surface area contributed by atoms with E-state index in [2.05, 4.69) is 47.8 Å². The van der Waals surface area contributed by atoms with Crippen LogP contribution in [-0.4, -0.2) is 17.2 Å². The second-order valence-corrected chi connectivity index (χ2v) is 6.70. The number of aryl methyl sites for hydroxylation is 1. The Morgan fingerprint density at radius 3 is 2.45 bits per heavy atom. The van der Waals surface area contributed by atoms with E-state index in [1.165, 1.54) is 11.1 Å². The second kappa shape index (κ2) is 9.49. The number of methoxy groups -OCH3 is 1. The van der Waals surface area contributed by atoms with E-state index in [1.54, 1.807) is 18.9 Å². The predicted molar refractivity (Wildman–Crippen MR) is 99.7 cm³/mol. The summed E-state index contributed by atoms with van der Waals surface area (Å²) in [6.45, 7) is 0.758. The molecule has 0 aliphatic heterocycles. The fourth-order valence-electron chi connectivity index (χ4n) is 2.05. The maximum absolute atomic E-state index is 5.36. The van der Waals surface area contributed by atoms with Gasteiger partial charge < -0.3 is 10.1 Å². The minimum Gasteiger partial charge on any atom is -0.497 e. The van der Waals surface area contributed by atoms with Crippen molar-refractivity contribution in [3.8, 4) is 5.75 Å². The first-order valence-corrected chi connectivity index (χ1v) is 8.75. The molecule has 0 radical (unpaired) electrons. The normalized spacial score (nSPS) is 10.2. The van der Waals surface area contributed by atoms with Gasteiger partial charge in [-0.2, -0.15) is 0 Å². The highest BCUT2D eigenvalue weighted by molar-refractivity contribution is 8.22. The van der Waals surface area contributed by atoms with Crippen LogP contribution in [0.5, 0.6) is 5.75 Å². The summed E-state index contributed by atoms with van der Waals surface area (Å²) < 4.78 is 6.01. The molecule has 2 aromatic rings. The van der Waals surface area contributed by atoms with Crippen LogP contribution in [0.25, 0.3) is 0 Å². The van der Waals surface area contributed by atoms with Crippen LogP contribution in [0, 0.1) is 0 Å². The van der Waals surface area contributed by atoms with Gasteiger partial charge in [0, 0.05) is 12.3 Å². The zero-order valence-corrected chi connectivity index (χ0v) is 14.4. The largest absolute Gasteiger partial charge is 0.497 e.